The maximum absolute atomic E-state index is 11.1. The summed E-state index contributed by atoms with van der Waals surface area (Å²) in [6.45, 7) is 7.29. The summed E-state index contributed by atoms with van der Waals surface area (Å²) in [5.41, 5.74) is 11.7. The van der Waals surface area contributed by atoms with Crippen LogP contribution in [0.3, 0.4) is 0 Å². The van der Waals surface area contributed by atoms with E-state index in [9.17, 15) is 4.79 Å². The van der Waals surface area contributed by atoms with Crippen molar-refractivity contribution in [3.63, 3.8) is 0 Å². The van der Waals surface area contributed by atoms with Crippen LogP contribution in [0, 0.1) is 5.92 Å². The van der Waals surface area contributed by atoms with Crippen LogP contribution in [0.15, 0.2) is 12.1 Å². The molecule has 6 nitrogen and oxygen atoms in total. The molecule has 19 heavy (non-hydrogen) atoms. The molecule has 106 valence electrons. The van der Waals surface area contributed by atoms with Crippen molar-refractivity contribution in [1.82, 2.24) is 4.98 Å². The summed E-state index contributed by atoms with van der Waals surface area (Å²) in [5.74, 6) is 0.230. The number of carbonyl (C=O) groups is 1. The first-order valence-corrected chi connectivity index (χ1v) is 6.36. The van der Waals surface area contributed by atoms with Crippen LogP contribution in [-0.2, 0) is 4.74 Å². The van der Waals surface area contributed by atoms with Crippen LogP contribution < -0.4 is 16.8 Å². The number of nitrogens with one attached hydrogen (secondary N) is 1. The van der Waals surface area contributed by atoms with E-state index in [1.807, 2.05) is 6.92 Å². The van der Waals surface area contributed by atoms with E-state index in [2.05, 4.69) is 24.1 Å². The zero-order chi connectivity index (χ0) is 14.4. The van der Waals surface area contributed by atoms with Gasteiger partial charge in [0.25, 0.3) is 5.91 Å². The number of anilines is 2. The SMILES string of the molecule is CCOCC(Nc1nc(C(N)=O)ccc1N)C(C)C. The molecule has 1 atom stereocenters. The smallest absolute Gasteiger partial charge is 0.267 e. The van der Waals surface area contributed by atoms with E-state index >= 15 is 0 Å². The standard InChI is InChI=1S/C13H22N4O2/c1-4-19-7-11(8(2)3)17-13-9(14)5-6-10(16-13)12(15)18/h5-6,8,11H,4,7,14H2,1-3H3,(H2,15,18)(H,16,17). The molecule has 1 unspecified atom stereocenters. The molecule has 6 heteroatoms. The number of nitrogens with two attached hydrogens (primary N) is 2. The molecule has 1 heterocycles. The predicted octanol–water partition coefficient (Wildman–Crippen LogP) is 1.24. The van der Waals surface area contributed by atoms with E-state index in [0.717, 1.165) is 0 Å². The lowest BCUT2D eigenvalue weighted by atomic mass is 10.1. The molecule has 1 aromatic heterocycles. The predicted molar refractivity (Wildman–Crippen MR) is 75.9 cm³/mol. The molecule has 0 saturated heterocycles. The summed E-state index contributed by atoms with van der Waals surface area (Å²) in [6, 6.07) is 3.20. The normalized spacial score (nSPS) is 12.4. The quantitative estimate of drug-likeness (QED) is 0.689. The van der Waals surface area contributed by atoms with Crippen molar-refractivity contribution in [2.45, 2.75) is 26.8 Å². The first-order valence-electron chi connectivity index (χ1n) is 6.36. The van der Waals surface area contributed by atoms with Gasteiger partial charge in [0.1, 0.15) is 11.5 Å². The third-order valence-corrected chi connectivity index (χ3v) is 2.81. The summed E-state index contributed by atoms with van der Waals surface area (Å²) < 4.78 is 5.42. The molecule has 1 amide bonds. The number of aromatic nitrogens is 1. The Morgan fingerprint density at radius 2 is 2.16 bits per heavy atom. The van der Waals surface area contributed by atoms with Gasteiger partial charge in [0.15, 0.2) is 0 Å². The van der Waals surface area contributed by atoms with Crippen LogP contribution in [0.2, 0.25) is 0 Å². The molecule has 0 aromatic carbocycles. The third kappa shape index (κ3) is 4.40. The number of primary amides is 1. The molecule has 5 N–H and O–H groups in total. The molecule has 0 bridgehead atoms. The molecule has 0 aliphatic carbocycles. The zero-order valence-electron chi connectivity index (χ0n) is 11.6. The van der Waals surface area contributed by atoms with Gasteiger partial charge in [-0.2, -0.15) is 0 Å². The van der Waals surface area contributed by atoms with Crippen molar-refractivity contribution in [2.24, 2.45) is 11.7 Å². The lowest BCUT2D eigenvalue weighted by Gasteiger charge is -2.23. The molecule has 0 saturated carbocycles. The Morgan fingerprint density at radius 3 is 2.68 bits per heavy atom. The van der Waals surface area contributed by atoms with Crippen LogP contribution in [0.5, 0.6) is 0 Å². The number of carbonyl (C=O) groups excluding carboxylic acids is 1. The van der Waals surface area contributed by atoms with Crippen LogP contribution >= 0.6 is 0 Å². The largest absolute Gasteiger partial charge is 0.396 e. The van der Waals surface area contributed by atoms with Gasteiger partial charge in [-0.05, 0) is 25.0 Å². The second kappa shape index (κ2) is 6.94. The number of hydrogen-bond acceptors (Lipinski definition) is 5. The van der Waals surface area contributed by atoms with Gasteiger partial charge in [-0.15, -0.1) is 0 Å². The number of nitrogen functional groups attached to an aromatic ring is 1. The Kier molecular flexibility index (Phi) is 5.57. The summed E-state index contributed by atoms with van der Waals surface area (Å²) in [7, 11) is 0. The molecule has 0 aliphatic heterocycles. The number of pyridine rings is 1. The number of hydrogen-bond donors (Lipinski definition) is 3. The molecule has 1 rings (SSSR count). The Bertz CT molecular complexity index is 435. The zero-order valence-corrected chi connectivity index (χ0v) is 11.6. The summed E-state index contributed by atoms with van der Waals surface area (Å²) >= 11 is 0. The highest BCUT2D eigenvalue weighted by Gasteiger charge is 2.16. The number of nitrogens with zero attached hydrogens (tertiary/aromatic N) is 1. The molecule has 1 aromatic rings. The van der Waals surface area contributed by atoms with E-state index in [0.29, 0.717) is 30.6 Å². The first-order chi connectivity index (χ1) is 8.95. The van der Waals surface area contributed by atoms with E-state index in [1.165, 1.54) is 6.07 Å². The van der Waals surface area contributed by atoms with E-state index in [1.54, 1.807) is 6.07 Å². The molecular formula is C13H22N4O2. The molecular weight excluding hydrogens is 244 g/mol. The van der Waals surface area contributed by atoms with Gasteiger partial charge in [-0.3, -0.25) is 4.79 Å². The van der Waals surface area contributed by atoms with Crippen molar-refractivity contribution >= 4 is 17.4 Å². The second-order valence-electron chi connectivity index (χ2n) is 4.65. The minimum atomic E-state index is -0.575. The second-order valence-corrected chi connectivity index (χ2v) is 4.65. The highest BCUT2D eigenvalue weighted by atomic mass is 16.5. The van der Waals surface area contributed by atoms with Crippen molar-refractivity contribution in [2.75, 3.05) is 24.3 Å². The number of rotatable bonds is 7. The van der Waals surface area contributed by atoms with Crippen LogP contribution in [0.4, 0.5) is 11.5 Å². The lowest BCUT2D eigenvalue weighted by Crippen LogP contribution is -2.32. The van der Waals surface area contributed by atoms with Gasteiger partial charge in [0, 0.05) is 6.61 Å². The lowest BCUT2D eigenvalue weighted by molar-refractivity contribution is 0.0995. The highest BCUT2D eigenvalue weighted by molar-refractivity contribution is 5.91. The number of ether oxygens (including phenoxy) is 1. The topological polar surface area (TPSA) is 103 Å². The van der Waals surface area contributed by atoms with Crippen LogP contribution in [0.1, 0.15) is 31.3 Å². The number of amides is 1. The van der Waals surface area contributed by atoms with Gasteiger partial charge < -0.3 is 21.5 Å². The van der Waals surface area contributed by atoms with E-state index in [4.69, 9.17) is 16.2 Å². The third-order valence-electron chi connectivity index (χ3n) is 2.81. The molecule has 0 spiro atoms. The average molecular weight is 266 g/mol. The van der Waals surface area contributed by atoms with Gasteiger partial charge in [0.05, 0.1) is 18.3 Å². The first kappa shape index (κ1) is 15.2. The Morgan fingerprint density at radius 1 is 1.47 bits per heavy atom. The maximum atomic E-state index is 11.1. The Balaban J connectivity index is 2.88. The average Bonchev–Trinajstić information content (AvgIpc) is 2.35. The fourth-order valence-electron chi connectivity index (χ4n) is 1.54. The van der Waals surface area contributed by atoms with Crippen molar-refractivity contribution in [1.29, 1.82) is 0 Å². The van der Waals surface area contributed by atoms with Crippen molar-refractivity contribution < 1.29 is 9.53 Å². The molecule has 0 aliphatic rings. The summed E-state index contributed by atoms with van der Waals surface area (Å²) in [5, 5.41) is 3.21. The van der Waals surface area contributed by atoms with Gasteiger partial charge in [-0.25, -0.2) is 4.98 Å². The van der Waals surface area contributed by atoms with E-state index in [-0.39, 0.29) is 11.7 Å². The monoisotopic (exact) mass is 266 g/mol. The van der Waals surface area contributed by atoms with Crippen molar-refractivity contribution in [3.05, 3.63) is 17.8 Å². The Hall–Kier alpha value is -1.82. The summed E-state index contributed by atoms with van der Waals surface area (Å²) in [4.78, 5) is 15.3. The van der Waals surface area contributed by atoms with Crippen LogP contribution in [0.25, 0.3) is 0 Å². The minimum Gasteiger partial charge on any atom is -0.396 e. The van der Waals surface area contributed by atoms with E-state index < -0.39 is 5.91 Å². The van der Waals surface area contributed by atoms with Crippen molar-refractivity contribution in [3.8, 4) is 0 Å². The molecule has 0 fully saturated rings. The summed E-state index contributed by atoms with van der Waals surface area (Å²) in [6.07, 6.45) is 0. The van der Waals surface area contributed by atoms with Crippen LogP contribution in [-0.4, -0.2) is 30.1 Å². The fraction of sp³-hybridized carbons (Fsp3) is 0.538. The highest BCUT2D eigenvalue weighted by Crippen LogP contribution is 2.19. The minimum absolute atomic E-state index is 0.0675. The van der Waals surface area contributed by atoms with Gasteiger partial charge in [0.2, 0.25) is 0 Å². The molecule has 0 radical (unpaired) electrons. The fourth-order valence-corrected chi connectivity index (χ4v) is 1.54. The Labute approximate surface area is 113 Å². The van der Waals surface area contributed by atoms with Gasteiger partial charge >= 0.3 is 0 Å². The van der Waals surface area contributed by atoms with Gasteiger partial charge in [-0.1, -0.05) is 13.8 Å². The maximum Gasteiger partial charge on any atom is 0.267 e.